The molecular weight excluding hydrogens is 368 g/mol. The van der Waals surface area contributed by atoms with Gasteiger partial charge in [0.2, 0.25) is 11.8 Å². The van der Waals surface area contributed by atoms with Gasteiger partial charge in [-0.15, -0.1) is 12.4 Å². The lowest BCUT2D eigenvalue weighted by Crippen LogP contribution is -2.51. The third-order valence-electron chi connectivity index (χ3n) is 3.81. The number of amides is 2. The SMILES string of the molecule is CC(OC(=O)[C@@](C)(N)Cc1ccc(O)c(O)c1)N1C(=O)CCC1=O.Cl.O. The molecule has 0 bridgehead atoms. The van der Waals surface area contributed by atoms with Crippen LogP contribution in [0.5, 0.6) is 11.5 Å². The molecule has 1 aromatic carbocycles. The number of nitrogens with zero attached hydrogens (tertiary/aromatic N) is 1. The summed E-state index contributed by atoms with van der Waals surface area (Å²) in [7, 11) is 0. The van der Waals surface area contributed by atoms with Crippen molar-refractivity contribution in [3.63, 3.8) is 0 Å². The van der Waals surface area contributed by atoms with Crippen molar-refractivity contribution in [1.82, 2.24) is 4.90 Å². The van der Waals surface area contributed by atoms with E-state index in [-0.39, 0.29) is 60.5 Å². The average molecular weight is 391 g/mol. The van der Waals surface area contributed by atoms with Crippen LogP contribution >= 0.6 is 12.4 Å². The van der Waals surface area contributed by atoms with Gasteiger partial charge in [-0.05, 0) is 31.5 Å². The van der Waals surface area contributed by atoms with E-state index < -0.39 is 17.7 Å². The average Bonchev–Trinajstić information content (AvgIpc) is 2.81. The Morgan fingerprint density at radius 3 is 2.31 bits per heavy atom. The maximum atomic E-state index is 12.3. The molecule has 1 aromatic rings. The van der Waals surface area contributed by atoms with Crippen LogP contribution in [0.1, 0.15) is 32.3 Å². The van der Waals surface area contributed by atoms with Crippen LogP contribution < -0.4 is 5.73 Å². The molecule has 2 rings (SSSR count). The van der Waals surface area contributed by atoms with Crippen LogP contribution in [0, 0.1) is 0 Å². The van der Waals surface area contributed by atoms with Gasteiger partial charge in [0.05, 0.1) is 0 Å². The fourth-order valence-corrected chi connectivity index (χ4v) is 2.52. The molecule has 2 amide bonds. The molecule has 1 heterocycles. The highest BCUT2D eigenvalue weighted by molar-refractivity contribution is 6.02. The molecule has 0 spiro atoms. The van der Waals surface area contributed by atoms with E-state index in [0.717, 1.165) is 4.90 Å². The molecule has 1 unspecified atom stereocenters. The van der Waals surface area contributed by atoms with E-state index in [4.69, 9.17) is 10.5 Å². The maximum Gasteiger partial charge on any atom is 0.328 e. The third-order valence-corrected chi connectivity index (χ3v) is 3.81. The number of imide groups is 1. The summed E-state index contributed by atoms with van der Waals surface area (Å²) in [6, 6.07) is 4.10. The smallest absolute Gasteiger partial charge is 0.328 e. The Morgan fingerprint density at radius 2 is 1.81 bits per heavy atom. The number of carbonyl (C=O) groups is 3. The number of esters is 1. The molecule has 0 aromatic heterocycles. The van der Waals surface area contributed by atoms with Crippen LogP contribution in [0.15, 0.2) is 18.2 Å². The zero-order valence-corrected chi connectivity index (χ0v) is 15.2. The Bertz CT molecular complexity index is 677. The van der Waals surface area contributed by atoms with Gasteiger partial charge in [0, 0.05) is 19.3 Å². The highest BCUT2D eigenvalue weighted by Gasteiger charge is 2.38. The molecule has 1 aliphatic heterocycles. The summed E-state index contributed by atoms with van der Waals surface area (Å²) >= 11 is 0. The van der Waals surface area contributed by atoms with Crippen LogP contribution in [0.25, 0.3) is 0 Å². The van der Waals surface area contributed by atoms with Gasteiger partial charge in [-0.25, -0.2) is 9.69 Å². The van der Waals surface area contributed by atoms with Gasteiger partial charge in [-0.2, -0.15) is 0 Å². The molecular formula is C16H23ClN2O7. The number of likely N-dealkylation sites (tertiary alicyclic amines) is 1. The maximum absolute atomic E-state index is 12.3. The molecule has 1 fully saturated rings. The summed E-state index contributed by atoms with van der Waals surface area (Å²) in [6.07, 6.45) is -0.786. The van der Waals surface area contributed by atoms with Crippen molar-refractivity contribution in [2.24, 2.45) is 5.73 Å². The lowest BCUT2D eigenvalue weighted by atomic mass is 9.94. The predicted octanol–water partition coefficient (Wildman–Crippen LogP) is -0.00700. The minimum Gasteiger partial charge on any atom is -0.504 e. The van der Waals surface area contributed by atoms with Gasteiger partial charge in [0.25, 0.3) is 0 Å². The molecule has 0 aliphatic carbocycles. The van der Waals surface area contributed by atoms with E-state index in [1.165, 1.54) is 32.0 Å². The van der Waals surface area contributed by atoms with E-state index in [9.17, 15) is 24.6 Å². The van der Waals surface area contributed by atoms with Crippen molar-refractivity contribution in [2.75, 3.05) is 0 Å². The van der Waals surface area contributed by atoms with Crippen LogP contribution in [0.3, 0.4) is 0 Å². The van der Waals surface area contributed by atoms with Crippen molar-refractivity contribution in [1.29, 1.82) is 0 Å². The van der Waals surface area contributed by atoms with E-state index in [1.807, 2.05) is 0 Å². The van der Waals surface area contributed by atoms with E-state index in [0.29, 0.717) is 5.56 Å². The molecule has 1 aliphatic rings. The predicted molar refractivity (Wildman–Crippen MR) is 93.6 cm³/mol. The Kier molecular flexibility index (Phi) is 8.03. The van der Waals surface area contributed by atoms with Crippen molar-refractivity contribution >= 4 is 30.2 Å². The van der Waals surface area contributed by atoms with Crippen LogP contribution in [-0.4, -0.2) is 50.1 Å². The zero-order chi connectivity index (χ0) is 18.1. The minimum atomic E-state index is -1.44. The van der Waals surface area contributed by atoms with Gasteiger partial charge in [-0.1, -0.05) is 6.07 Å². The second-order valence-corrected chi connectivity index (χ2v) is 6.08. The fraction of sp³-hybridized carbons (Fsp3) is 0.438. The Labute approximate surface area is 156 Å². The number of carbonyl (C=O) groups excluding carboxylic acids is 3. The third kappa shape index (κ3) is 5.07. The Morgan fingerprint density at radius 1 is 1.27 bits per heavy atom. The number of rotatable bonds is 5. The first kappa shape index (κ1) is 23.6. The summed E-state index contributed by atoms with van der Waals surface area (Å²) in [5, 5.41) is 18.8. The van der Waals surface area contributed by atoms with Crippen LogP contribution in [-0.2, 0) is 25.5 Å². The number of phenols is 2. The number of hydrogen-bond donors (Lipinski definition) is 3. The van der Waals surface area contributed by atoms with Gasteiger partial charge in [0.1, 0.15) is 5.54 Å². The molecule has 9 nitrogen and oxygen atoms in total. The molecule has 0 radical (unpaired) electrons. The molecule has 146 valence electrons. The normalized spacial score (nSPS) is 17.0. The molecule has 2 atom stereocenters. The van der Waals surface area contributed by atoms with Crippen molar-refractivity contribution < 1.29 is 34.8 Å². The number of benzene rings is 1. The topological polar surface area (TPSA) is 162 Å². The fourth-order valence-electron chi connectivity index (χ4n) is 2.52. The first-order chi connectivity index (χ1) is 11.1. The summed E-state index contributed by atoms with van der Waals surface area (Å²) in [5.74, 6) is -2.15. The van der Waals surface area contributed by atoms with Crippen molar-refractivity contribution in [3.05, 3.63) is 23.8 Å². The Balaban J connectivity index is 0.00000312. The number of aromatic hydroxyl groups is 2. The van der Waals surface area contributed by atoms with E-state index in [1.54, 1.807) is 0 Å². The standard InChI is InChI=1S/C16H20N2O6.ClH.H2O/c1-9(18-13(21)5-6-14(18)22)24-15(23)16(2,17)8-10-3-4-11(19)12(20)7-10;;/h3-4,7,9,19-20H,5-6,8,17H2,1-2H3;1H;1H2/t9?,16-;;/m0../s1. The summed E-state index contributed by atoms with van der Waals surface area (Å²) in [6.45, 7) is 2.88. The first-order valence-electron chi connectivity index (χ1n) is 7.47. The lowest BCUT2D eigenvalue weighted by molar-refractivity contribution is -0.169. The second kappa shape index (κ2) is 8.84. The van der Waals surface area contributed by atoms with Crippen molar-refractivity contribution in [3.8, 4) is 11.5 Å². The van der Waals surface area contributed by atoms with Gasteiger partial charge in [0.15, 0.2) is 17.7 Å². The number of phenolic OH excluding ortho intramolecular Hbond substituents is 2. The largest absolute Gasteiger partial charge is 0.504 e. The highest BCUT2D eigenvalue weighted by Crippen LogP contribution is 2.27. The van der Waals surface area contributed by atoms with Gasteiger partial charge in [-0.3, -0.25) is 9.59 Å². The molecule has 0 saturated carbocycles. The summed E-state index contributed by atoms with van der Waals surface area (Å²) < 4.78 is 5.17. The van der Waals surface area contributed by atoms with E-state index >= 15 is 0 Å². The van der Waals surface area contributed by atoms with Crippen LogP contribution in [0.4, 0.5) is 0 Å². The number of halogens is 1. The summed E-state index contributed by atoms with van der Waals surface area (Å²) in [5.41, 5.74) is 5.07. The molecule has 10 heteroatoms. The molecule has 26 heavy (non-hydrogen) atoms. The number of hydrogen-bond acceptors (Lipinski definition) is 7. The quantitative estimate of drug-likeness (QED) is 0.361. The van der Waals surface area contributed by atoms with Gasteiger partial charge >= 0.3 is 5.97 Å². The summed E-state index contributed by atoms with van der Waals surface area (Å²) in [4.78, 5) is 36.5. The second-order valence-electron chi connectivity index (χ2n) is 6.08. The first-order valence-corrected chi connectivity index (χ1v) is 7.47. The minimum absolute atomic E-state index is 0. The number of nitrogens with two attached hydrogens (primary N) is 1. The molecule has 1 saturated heterocycles. The Hall–Kier alpha value is -2.36. The zero-order valence-electron chi connectivity index (χ0n) is 14.4. The molecule has 6 N–H and O–H groups in total. The lowest BCUT2D eigenvalue weighted by Gasteiger charge is -2.28. The van der Waals surface area contributed by atoms with E-state index in [2.05, 4.69) is 0 Å². The van der Waals surface area contributed by atoms with Crippen LogP contribution in [0.2, 0.25) is 0 Å². The highest BCUT2D eigenvalue weighted by atomic mass is 35.5. The van der Waals surface area contributed by atoms with Gasteiger partial charge < -0.3 is 26.2 Å². The van der Waals surface area contributed by atoms with Crippen molar-refractivity contribution in [2.45, 2.75) is 44.9 Å². The monoisotopic (exact) mass is 390 g/mol. The number of ether oxygens (including phenoxy) is 1.